The van der Waals surface area contributed by atoms with Crippen LogP contribution in [0.25, 0.3) is 0 Å². The number of rotatable bonds is 4. The van der Waals surface area contributed by atoms with Crippen LogP contribution in [0.3, 0.4) is 0 Å². The van der Waals surface area contributed by atoms with Gasteiger partial charge in [-0.05, 0) is 50.7 Å². The van der Waals surface area contributed by atoms with E-state index in [9.17, 15) is 0 Å². The third-order valence-corrected chi connectivity index (χ3v) is 4.66. The average Bonchev–Trinajstić information content (AvgIpc) is 2.58. The zero-order valence-electron chi connectivity index (χ0n) is 13.0. The van der Waals surface area contributed by atoms with E-state index in [4.69, 9.17) is 4.84 Å². The topological polar surface area (TPSA) is 15.7 Å². The molecule has 0 bridgehead atoms. The molecule has 1 saturated heterocycles. The van der Waals surface area contributed by atoms with Gasteiger partial charge in [-0.15, -0.1) is 0 Å². The van der Waals surface area contributed by atoms with Gasteiger partial charge in [0.15, 0.2) is 0 Å². The second-order valence-electron chi connectivity index (χ2n) is 5.99. The summed E-state index contributed by atoms with van der Waals surface area (Å²) in [4.78, 5) is 7.97. The highest BCUT2D eigenvalue weighted by Gasteiger charge is 2.27. The predicted octanol–water partition coefficient (Wildman–Crippen LogP) is 3.98. The van der Waals surface area contributed by atoms with Gasteiger partial charge in [-0.2, -0.15) is 5.06 Å². The Balaban J connectivity index is 1.81. The number of anilines is 1. The molecule has 0 aromatic heterocycles. The van der Waals surface area contributed by atoms with Crippen molar-refractivity contribution in [2.75, 3.05) is 25.1 Å². The van der Waals surface area contributed by atoms with Gasteiger partial charge in [-0.3, -0.25) is 0 Å². The fourth-order valence-electron chi connectivity index (χ4n) is 3.52. The van der Waals surface area contributed by atoms with Crippen molar-refractivity contribution in [3.8, 4) is 0 Å². The van der Waals surface area contributed by atoms with Crippen molar-refractivity contribution < 1.29 is 4.84 Å². The minimum absolute atomic E-state index is 0.600. The maximum Gasteiger partial charge on any atom is 0.0575 e. The summed E-state index contributed by atoms with van der Waals surface area (Å²) in [5.41, 5.74) is 2.88. The molecule has 3 heteroatoms. The molecule has 0 atom stereocenters. The maximum atomic E-state index is 5.37. The fourth-order valence-corrected chi connectivity index (χ4v) is 3.52. The van der Waals surface area contributed by atoms with E-state index in [2.05, 4.69) is 46.4 Å². The van der Waals surface area contributed by atoms with Crippen LogP contribution in [-0.2, 0) is 4.84 Å². The first-order valence-corrected chi connectivity index (χ1v) is 8.21. The molecule has 0 radical (unpaired) electrons. The van der Waals surface area contributed by atoms with Crippen LogP contribution in [0.4, 0.5) is 5.69 Å². The Morgan fingerprint density at radius 2 is 1.86 bits per heavy atom. The molecule has 3 rings (SSSR count). The van der Waals surface area contributed by atoms with Crippen LogP contribution < -0.4 is 4.90 Å². The summed E-state index contributed by atoms with van der Waals surface area (Å²) in [5, 5.41) is 2.08. The first kappa shape index (κ1) is 14.6. The zero-order chi connectivity index (χ0) is 14.5. The number of hydrogen-bond acceptors (Lipinski definition) is 3. The second-order valence-corrected chi connectivity index (χ2v) is 5.99. The molecule has 2 aliphatic rings. The van der Waals surface area contributed by atoms with Crippen molar-refractivity contribution in [1.82, 2.24) is 5.06 Å². The smallest absolute Gasteiger partial charge is 0.0575 e. The molecule has 1 aromatic carbocycles. The first-order chi connectivity index (χ1) is 10.4. The number of nitrogens with zero attached hydrogens (tertiary/aromatic N) is 2. The van der Waals surface area contributed by atoms with E-state index in [-0.39, 0.29) is 0 Å². The molecule has 1 aliphatic carbocycles. The van der Waals surface area contributed by atoms with Crippen LogP contribution in [-0.4, -0.2) is 31.3 Å². The minimum atomic E-state index is 0.600. The Kier molecular flexibility index (Phi) is 4.94. The predicted molar refractivity (Wildman–Crippen MR) is 87.1 cm³/mol. The molecule has 0 N–H and O–H groups in total. The summed E-state index contributed by atoms with van der Waals surface area (Å²) in [6, 6.07) is 11.5. The van der Waals surface area contributed by atoms with Crippen LogP contribution in [0.15, 0.2) is 42.1 Å². The van der Waals surface area contributed by atoms with Gasteiger partial charge in [0.1, 0.15) is 0 Å². The molecule has 1 aromatic rings. The Hall–Kier alpha value is -1.32. The summed E-state index contributed by atoms with van der Waals surface area (Å²) in [5.74, 6) is 0. The van der Waals surface area contributed by atoms with Crippen LogP contribution in [0.5, 0.6) is 0 Å². The zero-order valence-corrected chi connectivity index (χ0v) is 13.0. The van der Waals surface area contributed by atoms with Gasteiger partial charge < -0.3 is 9.74 Å². The quantitative estimate of drug-likeness (QED) is 0.832. The molecule has 0 amide bonds. The molecule has 0 unspecified atom stereocenters. The normalized spacial score (nSPS) is 21.1. The number of para-hydroxylation sites is 1. The van der Waals surface area contributed by atoms with Gasteiger partial charge >= 0.3 is 0 Å². The minimum Gasteiger partial charge on any atom is -0.342 e. The lowest BCUT2D eigenvalue weighted by atomic mass is 9.97. The number of benzene rings is 1. The van der Waals surface area contributed by atoms with Crippen molar-refractivity contribution in [3.05, 3.63) is 42.1 Å². The lowest BCUT2D eigenvalue weighted by molar-refractivity contribution is -0.143. The molecule has 1 aliphatic heterocycles. The molecule has 3 nitrogen and oxygen atoms in total. The summed E-state index contributed by atoms with van der Waals surface area (Å²) < 4.78 is 0. The summed E-state index contributed by atoms with van der Waals surface area (Å²) >= 11 is 0. The third-order valence-electron chi connectivity index (χ3n) is 4.66. The summed E-state index contributed by atoms with van der Waals surface area (Å²) in [6.07, 6.45) is 9.91. The van der Waals surface area contributed by atoms with Crippen molar-refractivity contribution in [2.24, 2.45) is 0 Å². The van der Waals surface area contributed by atoms with Gasteiger partial charge in [-0.25, -0.2) is 0 Å². The Labute approximate surface area is 128 Å². The molecular weight excluding hydrogens is 260 g/mol. The van der Waals surface area contributed by atoms with Gasteiger partial charge in [0, 0.05) is 30.5 Å². The third kappa shape index (κ3) is 3.47. The number of hydrogen-bond donors (Lipinski definition) is 0. The van der Waals surface area contributed by atoms with Crippen molar-refractivity contribution in [3.63, 3.8) is 0 Å². The average molecular weight is 286 g/mol. The molecule has 1 heterocycles. The van der Waals surface area contributed by atoms with Gasteiger partial charge in [0.2, 0.25) is 0 Å². The standard InChI is InChI=1S/C18H26N2O/c1-21-19-14-12-18(13-15-19)20(16-8-4-2-5-9-16)17-10-6-3-7-11-17/h2,4-5,8-10,18H,3,6-7,11-15H2,1H3. The second kappa shape index (κ2) is 7.10. The molecule has 0 saturated carbocycles. The first-order valence-electron chi connectivity index (χ1n) is 8.21. The van der Waals surface area contributed by atoms with Crippen molar-refractivity contribution >= 4 is 5.69 Å². The Morgan fingerprint density at radius 3 is 2.48 bits per heavy atom. The molecule has 21 heavy (non-hydrogen) atoms. The van der Waals surface area contributed by atoms with Gasteiger partial charge in [-0.1, -0.05) is 24.3 Å². The van der Waals surface area contributed by atoms with Crippen molar-refractivity contribution in [2.45, 2.75) is 44.6 Å². The van der Waals surface area contributed by atoms with Crippen LogP contribution in [0.2, 0.25) is 0 Å². The molecule has 114 valence electrons. The Bertz CT molecular complexity index is 463. The molecular formula is C18H26N2O. The van der Waals surface area contributed by atoms with Crippen molar-refractivity contribution in [1.29, 1.82) is 0 Å². The van der Waals surface area contributed by atoms with E-state index in [1.54, 1.807) is 7.11 Å². The highest BCUT2D eigenvalue weighted by molar-refractivity contribution is 5.53. The molecule has 0 spiro atoms. The SMILES string of the molecule is CON1CCC(N(C2=CCCCC2)c2ccccc2)CC1. The van der Waals surface area contributed by atoms with Crippen LogP contribution >= 0.6 is 0 Å². The Morgan fingerprint density at radius 1 is 1.10 bits per heavy atom. The number of allylic oxidation sites excluding steroid dienone is 2. The lowest BCUT2D eigenvalue weighted by Gasteiger charge is -2.41. The van der Waals surface area contributed by atoms with Gasteiger partial charge in [0.05, 0.1) is 7.11 Å². The monoisotopic (exact) mass is 286 g/mol. The maximum absolute atomic E-state index is 5.37. The van der Waals surface area contributed by atoms with Crippen LogP contribution in [0.1, 0.15) is 38.5 Å². The largest absolute Gasteiger partial charge is 0.342 e. The van der Waals surface area contributed by atoms with E-state index in [0.29, 0.717) is 6.04 Å². The van der Waals surface area contributed by atoms with Gasteiger partial charge in [0.25, 0.3) is 0 Å². The summed E-state index contributed by atoms with van der Waals surface area (Å²) in [7, 11) is 1.78. The highest BCUT2D eigenvalue weighted by Crippen LogP contribution is 2.32. The number of hydroxylamine groups is 2. The fraction of sp³-hybridized carbons (Fsp3) is 0.556. The van der Waals surface area contributed by atoms with Crippen LogP contribution in [0, 0.1) is 0 Å². The van der Waals surface area contributed by atoms with E-state index < -0.39 is 0 Å². The number of piperidine rings is 1. The van der Waals surface area contributed by atoms with E-state index in [1.807, 2.05) is 0 Å². The van der Waals surface area contributed by atoms with E-state index >= 15 is 0 Å². The summed E-state index contributed by atoms with van der Waals surface area (Å²) in [6.45, 7) is 2.05. The highest BCUT2D eigenvalue weighted by atomic mass is 16.7. The molecule has 1 fully saturated rings. The van der Waals surface area contributed by atoms with E-state index in [0.717, 1.165) is 13.1 Å². The lowest BCUT2D eigenvalue weighted by Crippen LogP contribution is -2.44. The van der Waals surface area contributed by atoms with E-state index in [1.165, 1.54) is 49.9 Å².